The first-order valence-electron chi connectivity index (χ1n) is 6.40. The molecule has 0 saturated carbocycles. The van der Waals surface area contributed by atoms with E-state index in [1.165, 1.54) is 6.33 Å². The van der Waals surface area contributed by atoms with Gasteiger partial charge in [-0.05, 0) is 12.1 Å². The molecule has 0 aliphatic heterocycles. The number of hydrogen-bond donors (Lipinski definition) is 1. The molecule has 0 bridgehead atoms. The Morgan fingerprint density at radius 3 is 3.05 bits per heavy atom. The van der Waals surface area contributed by atoms with Gasteiger partial charge in [-0.25, -0.2) is 15.0 Å². The molecule has 6 nitrogen and oxygen atoms in total. The Morgan fingerprint density at radius 1 is 1.38 bits per heavy atom. The van der Waals surface area contributed by atoms with Gasteiger partial charge in [-0.3, -0.25) is 0 Å². The number of aromatic nitrogens is 4. The monoisotopic (exact) mass is 282 g/mol. The minimum Gasteiger partial charge on any atom is -0.492 e. The summed E-state index contributed by atoms with van der Waals surface area (Å²) in [6.45, 7) is 4.05. The third kappa shape index (κ3) is 2.43. The smallest absolute Gasteiger partial charge is 0.171 e. The molecule has 0 aliphatic carbocycles. The minimum absolute atomic E-state index is 0.408. The average Bonchev–Trinajstić information content (AvgIpc) is 2.96. The van der Waals surface area contributed by atoms with Crippen LogP contribution in [-0.2, 0) is 0 Å². The fourth-order valence-electron chi connectivity index (χ4n) is 2.06. The molecule has 21 heavy (non-hydrogen) atoms. The lowest BCUT2D eigenvalue weighted by molar-refractivity contribution is 0.327. The van der Waals surface area contributed by atoms with Crippen LogP contribution in [0.3, 0.4) is 0 Å². The lowest BCUT2D eigenvalue weighted by Crippen LogP contribution is -1.98. The zero-order valence-electron chi connectivity index (χ0n) is 11.5. The van der Waals surface area contributed by atoms with Crippen LogP contribution in [0.1, 0.15) is 0 Å². The summed E-state index contributed by atoms with van der Waals surface area (Å²) in [4.78, 5) is 15.7. The van der Waals surface area contributed by atoms with Gasteiger partial charge in [-0.2, -0.15) is 0 Å². The number of nitrogens with one attached hydrogen (secondary N) is 1. The van der Waals surface area contributed by atoms with Crippen LogP contribution in [0.5, 0.6) is 11.5 Å². The molecule has 0 radical (unpaired) electrons. The van der Waals surface area contributed by atoms with Crippen LogP contribution in [0.25, 0.3) is 22.6 Å². The highest BCUT2D eigenvalue weighted by Gasteiger charge is 2.15. The van der Waals surface area contributed by atoms with Gasteiger partial charge in [-0.1, -0.05) is 18.7 Å². The van der Waals surface area contributed by atoms with E-state index < -0.39 is 0 Å². The number of nitrogens with zero attached hydrogens (tertiary/aromatic N) is 3. The quantitative estimate of drug-likeness (QED) is 0.728. The summed E-state index contributed by atoms with van der Waals surface area (Å²) in [5, 5.41) is 0. The predicted molar refractivity (Wildman–Crippen MR) is 79.4 cm³/mol. The molecule has 0 amide bonds. The summed E-state index contributed by atoms with van der Waals surface area (Å²) in [6.07, 6.45) is 4.82. The maximum atomic E-state index is 5.60. The number of methoxy groups -OCH3 is 1. The van der Waals surface area contributed by atoms with Gasteiger partial charge in [-0.15, -0.1) is 0 Å². The van der Waals surface area contributed by atoms with Crippen molar-refractivity contribution in [2.24, 2.45) is 0 Å². The second-order valence-electron chi connectivity index (χ2n) is 4.28. The van der Waals surface area contributed by atoms with Crippen LogP contribution in [0.4, 0.5) is 0 Å². The highest BCUT2D eigenvalue weighted by atomic mass is 16.5. The van der Waals surface area contributed by atoms with E-state index in [1.54, 1.807) is 19.4 Å². The number of benzene rings is 1. The van der Waals surface area contributed by atoms with Gasteiger partial charge < -0.3 is 14.5 Å². The Kier molecular flexibility index (Phi) is 3.51. The summed E-state index contributed by atoms with van der Waals surface area (Å²) in [5.74, 6) is 1.92. The molecule has 106 valence electrons. The van der Waals surface area contributed by atoms with Crippen molar-refractivity contribution >= 4 is 11.2 Å². The van der Waals surface area contributed by atoms with Crippen molar-refractivity contribution in [1.82, 2.24) is 19.9 Å². The van der Waals surface area contributed by atoms with E-state index in [9.17, 15) is 0 Å². The molecule has 1 N–H and O–H groups in total. The number of aromatic amines is 1. The summed E-state index contributed by atoms with van der Waals surface area (Å²) >= 11 is 0. The van der Waals surface area contributed by atoms with E-state index in [4.69, 9.17) is 9.47 Å². The zero-order valence-corrected chi connectivity index (χ0v) is 11.5. The minimum atomic E-state index is 0.408. The SMILES string of the molecule is C=CCOc1cccc(-c2nc3cncnc3[nH]2)c1OC. The van der Waals surface area contributed by atoms with Gasteiger partial charge in [0.1, 0.15) is 24.3 Å². The van der Waals surface area contributed by atoms with E-state index >= 15 is 0 Å². The summed E-state index contributed by atoms with van der Waals surface area (Å²) in [5.41, 5.74) is 2.18. The Morgan fingerprint density at radius 2 is 2.29 bits per heavy atom. The first kappa shape index (κ1) is 13.1. The highest BCUT2D eigenvalue weighted by molar-refractivity contribution is 5.78. The van der Waals surface area contributed by atoms with Crippen LogP contribution in [0, 0.1) is 0 Å². The number of rotatable bonds is 5. The van der Waals surface area contributed by atoms with Crippen LogP contribution in [-0.4, -0.2) is 33.7 Å². The molecule has 0 unspecified atom stereocenters. The van der Waals surface area contributed by atoms with Crippen molar-refractivity contribution < 1.29 is 9.47 Å². The van der Waals surface area contributed by atoms with Crippen LogP contribution < -0.4 is 9.47 Å². The summed E-state index contributed by atoms with van der Waals surface area (Å²) in [6, 6.07) is 5.63. The Bertz CT molecular complexity index is 749. The average molecular weight is 282 g/mol. The first-order chi connectivity index (χ1) is 10.3. The topological polar surface area (TPSA) is 72.9 Å². The molecule has 3 rings (SSSR count). The molecule has 0 spiro atoms. The van der Waals surface area contributed by atoms with Gasteiger partial charge in [0.05, 0.1) is 18.9 Å². The van der Waals surface area contributed by atoms with Crippen molar-refractivity contribution in [3.05, 3.63) is 43.4 Å². The van der Waals surface area contributed by atoms with E-state index in [0.717, 1.165) is 5.56 Å². The third-order valence-corrected chi connectivity index (χ3v) is 2.96. The lowest BCUT2D eigenvalue weighted by Gasteiger charge is -2.12. The van der Waals surface area contributed by atoms with Gasteiger partial charge in [0.2, 0.25) is 0 Å². The number of para-hydroxylation sites is 1. The largest absolute Gasteiger partial charge is 0.492 e. The molecule has 6 heteroatoms. The van der Waals surface area contributed by atoms with Gasteiger partial charge in [0.15, 0.2) is 17.1 Å². The van der Waals surface area contributed by atoms with E-state index in [0.29, 0.717) is 35.1 Å². The maximum absolute atomic E-state index is 5.60. The van der Waals surface area contributed by atoms with E-state index in [2.05, 4.69) is 26.5 Å². The fourth-order valence-corrected chi connectivity index (χ4v) is 2.06. The number of imidazole rings is 1. The molecular weight excluding hydrogens is 268 g/mol. The molecule has 0 saturated heterocycles. The fraction of sp³-hybridized carbons (Fsp3) is 0.133. The molecule has 0 fully saturated rings. The number of ether oxygens (including phenoxy) is 2. The van der Waals surface area contributed by atoms with Crippen LogP contribution in [0.2, 0.25) is 0 Å². The standard InChI is InChI=1S/C15H14N4O2/c1-3-7-21-12-6-4-5-10(13(12)20-2)14-18-11-8-16-9-17-15(11)19-14/h3-6,8-9H,1,7H2,2H3,(H,16,17,18,19). The summed E-state index contributed by atoms with van der Waals surface area (Å²) in [7, 11) is 1.60. The van der Waals surface area contributed by atoms with Crippen molar-refractivity contribution in [2.75, 3.05) is 13.7 Å². The molecule has 1 aromatic carbocycles. The van der Waals surface area contributed by atoms with Gasteiger partial charge in [0.25, 0.3) is 0 Å². The third-order valence-electron chi connectivity index (χ3n) is 2.96. The van der Waals surface area contributed by atoms with Crippen molar-refractivity contribution in [3.8, 4) is 22.9 Å². The van der Waals surface area contributed by atoms with Crippen molar-refractivity contribution in [3.63, 3.8) is 0 Å². The van der Waals surface area contributed by atoms with E-state index in [1.807, 2.05) is 18.2 Å². The van der Waals surface area contributed by atoms with Crippen molar-refractivity contribution in [2.45, 2.75) is 0 Å². The Labute approximate surface area is 121 Å². The predicted octanol–water partition coefficient (Wildman–Crippen LogP) is 2.59. The first-order valence-corrected chi connectivity index (χ1v) is 6.40. The Hall–Kier alpha value is -2.89. The Balaban J connectivity index is 2.10. The van der Waals surface area contributed by atoms with Crippen LogP contribution >= 0.6 is 0 Å². The molecular formula is C15H14N4O2. The van der Waals surface area contributed by atoms with Gasteiger partial charge in [0, 0.05) is 0 Å². The highest BCUT2D eigenvalue weighted by Crippen LogP contribution is 2.37. The maximum Gasteiger partial charge on any atom is 0.171 e. The lowest BCUT2D eigenvalue weighted by atomic mass is 10.1. The second kappa shape index (κ2) is 5.62. The zero-order chi connectivity index (χ0) is 14.7. The summed E-state index contributed by atoms with van der Waals surface area (Å²) < 4.78 is 11.1. The number of hydrogen-bond acceptors (Lipinski definition) is 5. The van der Waals surface area contributed by atoms with E-state index in [-0.39, 0.29) is 0 Å². The molecule has 2 heterocycles. The molecule has 2 aromatic heterocycles. The van der Waals surface area contributed by atoms with Crippen LogP contribution in [0.15, 0.2) is 43.4 Å². The number of fused-ring (bicyclic) bond motifs is 1. The normalized spacial score (nSPS) is 10.5. The molecule has 0 aliphatic rings. The molecule has 0 atom stereocenters. The van der Waals surface area contributed by atoms with Gasteiger partial charge >= 0.3 is 0 Å². The molecule has 3 aromatic rings. The van der Waals surface area contributed by atoms with Crippen molar-refractivity contribution in [1.29, 1.82) is 0 Å². The number of H-pyrrole nitrogens is 1. The second-order valence-corrected chi connectivity index (χ2v) is 4.28.